The molecule has 7 heteroatoms. The SMILES string of the molecule is COc1ccc([N+](=O)[O-])cc1NCC(=O)N1CCCC[C@@H]1C. The second kappa shape index (κ2) is 7.11. The molecule has 0 aromatic heterocycles. The monoisotopic (exact) mass is 307 g/mol. The summed E-state index contributed by atoms with van der Waals surface area (Å²) < 4.78 is 5.17. The third-order valence-electron chi connectivity index (χ3n) is 3.95. The predicted molar refractivity (Wildman–Crippen MR) is 83.2 cm³/mol. The van der Waals surface area contributed by atoms with Crippen molar-refractivity contribution < 1.29 is 14.5 Å². The first-order chi connectivity index (χ1) is 10.5. The number of carbonyl (C=O) groups excluding carboxylic acids is 1. The fraction of sp³-hybridized carbons (Fsp3) is 0.533. The number of benzene rings is 1. The average molecular weight is 307 g/mol. The van der Waals surface area contributed by atoms with Crippen LogP contribution in [0.1, 0.15) is 26.2 Å². The molecule has 1 saturated heterocycles. The van der Waals surface area contributed by atoms with Crippen LogP contribution in [-0.2, 0) is 4.79 Å². The van der Waals surface area contributed by atoms with E-state index >= 15 is 0 Å². The average Bonchev–Trinajstić information content (AvgIpc) is 2.52. The lowest BCUT2D eigenvalue weighted by atomic mass is 10.0. The maximum atomic E-state index is 12.3. The number of ether oxygens (including phenoxy) is 1. The fourth-order valence-corrected chi connectivity index (χ4v) is 2.69. The fourth-order valence-electron chi connectivity index (χ4n) is 2.69. The Hall–Kier alpha value is -2.31. The number of rotatable bonds is 5. The van der Waals surface area contributed by atoms with Gasteiger partial charge in [-0.15, -0.1) is 0 Å². The first-order valence-electron chi connectivity index (χ1n) is 7.38. The number of nitrogens with one attached hydrogen (secondary N) is 1. The molecule has 2 rings (SSSR count). The quantitative estimate of drug-likeness (QED) is 0.667. The summed E-state index contributed by atoms with van der Waals surface area (Å²) in [5, 5.41) is 13.8. The molecule has 120 valence electrons. The summed E-state index contributed by atoms with van der Waals surface area (Å²) in [4.78, 5) is 24.5. The number of non-ortho nitro benzene ring substituents is 1. The minimum atomic E-state index is -0.473. The summed E-state index contributed by atoms with van der Waals surface area (Å²) in [6.45, 7) is 2.92. The van der Waals surface area contributed by atoms with Crippen LogP contribution in [0.15, 0.2) is 18.2 Å². The largest absolute Gasteiger partial charge is 0.495 e. The molecule has 1 aromatic carbocycles. The molecule has 1 aliphatic heterocycles. The summed E-state index contributed by atoms with van der Waals surface area (Å²) >= 11 is 0. The highest BCUT2D eigenvalue weighted by atomic mass is 16.6. The van der Waals surface area contributed by atoms with Gasteiger partial charge in [0.15, 0.2) is 0 Å². The van der Waals surface area contributed by atoms with Crippen LogP contribution in [0.5, 0.6) is 5.75 Å². The first kappa shape index (κ1) is 16.1. The van der Waals surface area contributed by atoms with Gasteiger partial charge in [-0.3, -0.25) is 14.9 Å². The zero-order valence-electron chi connectivity index (χ0n) is 12.9. The number of nitro benzene ring substituents is 1. The summed E-state index contributed by atoms with van der Waals surface area (Å²) in [6.07, 6.45) is 3.19. The van der Waals surface area contributed by atoms with Crippen molar-refractivity contribution >= 4 is 17.3 Å². The maximum absolute atomic E-state index is 12.3. The van der Waals surface area contributed by atoms with Gasteiger partial charge in [0.25, 0.3) is 5.69 Å². The summed E-state index contributed by atoms with van der Waals surface area (Å²) in [6, 6.07) is 4.52. The molecule has 0 unspecified atom stereocenters. The molecule has 0 radical (unpaired) electrons. The lowest BCUT2D eigenvalue weighted by molar-refractivity contribution is -0.384. The van der Waals surface area contributed by atoms with E-state index < -0.39 is 4.92 Å². The highest BCUT2D eigenvalue weighted by Crippen LogP contribution is 2.28. The smallest absolute Gasteiger partial charge is 0.271 e. The number of hydrogen-bond acceptors (Lipinski definition) is 5. The Labute approximate surface area is 129 Å². The molecule has 1 amide bonds. The van der Waals surface area contributed by atoms with Crippen molar-refractivity contribution in [2.45, 2.75) is 32.2 Å². The van der Waals surface area contributed by atoms with Crippen LogP contribution in [-0.4, -0.2) is 42.0 Å². The van der Waals surface area contributed by atoms with Crippen LogP contribution in [0.25, 0.3) is 0 Å². The number of nitro groups is 1. The van der Waals surface area contributed by atoms with Crippen molar-refractivity contribution in [3.63, 3.8) is 0 Å². The Balaban J connectivity index is 2.05. The molecular formula is C15H21N3O4. The second-order valence-corrected chi connectivity index (χ2v) is 5.43. The van der Waals surface area contributed by atoms with Crippen molar-refractivity contribution in [3.8, 4) is 5.75 Å². The van der Waals surface area contributed by atoms with E-state index in [9.17, 15) is 14.9 Å². The number of likely N-dealkylation sites (tertiary alicyclic amines) is 1. The summed E-state index contributed by atoms with van der Waals surface area (Å²) in [5.41, 5.74) is 0.414. The number of methoxy groups -OCH3 is 1. The van der Waals surface area contributed by atoms with Crippen LogP contribution < -0.4 is 10.1 Å². The highest BCUT2D eigenvalue weighted by Gasteiger charge is 2.23. The van der Waals surface area contributed by atoms with E-state index in [4.69, 9.17) is 4.74 Å². The summed E-state index contributed by atoms with van der Waals surface area (Å²) in [5.74, 6) is 0.478. The van der Waals surface area contributed by atoms with Gasteiger partial charge in [-0.2, -0.15) is 0 Å². The molecule has 0 bridgehead atoms. The standard InChI is InChI=1S/C15H21N3O4/c1-11-5-3-4-8-17(11)15(19)10-16-13-9-12(18(20)21)6-7-14(13)22-2/h6-7,9,11,16H,3-5,8,10H2,1-2H3/t11-/m0/s1. The van der Waals surface area contributed by atoms with Crippen LogP contribution in [0.4, 0.5) is 11.4 Å². The van der Waals surface area contributed by atoms with Gasteiger partial charge in [0.05, 0.1) is 24.3 Å². The van der Waals surface area contributed by atoms with Crippen LogP contribution in [0.3, 0.4) is 0 Å². The number of piperidine rings is 1. The van der Waals surface area contributed by atoms with E-state index in [1.54, 1.807) is 0 Å². The molecule has 1 atom stereocenters. The van der Waals surface area contributed by atoms with Gasteiger partial charge in [0.2, 0.25) is 5.91 Å². The second-order valence-electron chi connectivity index (χ2n) is 5.43. The van der Waals surface area contributed by atoms with Gasteiger partial charge in [0.1, 0.15) is 5.75 Å². The minimum Gasteiger partial charge on any atom is -0.495 e. The zero-order valence-corrected chi connectivity index (χ0v) is 12.9. The topological polar surface area (TPSA) is 84.7 Å². The lowest BCUT2D eigenvalue weighted by Crippen LogP contribution is -2.44. The molecule has 7 nitrogen and oxygen atoms in total. The molecule has 0 spiro atoms. The molecule has 1 heterocycles. The molecule has 1 aromatic rings. The molecular weight excluding hydrogens is 286 g/mol. The maximum Gasteiger partial charge on any atom is 0.271 e. The van der Waals surface area contributed by atoms with Crippen LogP contribution in [0.2, 0.25) is 0 Å². The van der Waals surface area contributed by atoms with Gasteiger partial charge >= 0.3 is 0 Å². The Morgan fingerprint density at radius 3 is 2.91 bits per heavy atom. The van der Waals surface area contributed by atoms with Gasteiger partial charge in [0, 0.05) is 24.7 Å². The number of anilines is 1. The van der Waals surface area contributed by atoms with Crippen LogP contribution >= 0.6 is 0 Å². The van der Waals surface area contributed by atoms with E-state index in [1.165, 1.54) is 25.3 Å². The van der Waals surface area contributed by atoms with Crippen molar-refractivity contribution in [3.05, 3.63) is 28.3 Å². The Morgan fingerprint density at radius 2 is 2.27 bits per heavy atom. The number of carbonyl (C=O) groups is 1. The number of hydrogen-bond donors (Lipinski definition) is 1. The summed E-state index contributed by atoms with van der Waals surface area (Å²) in [7, 11) is 1.49. The molecule has 1 fully saturated rings. The lowest BCUT2D eigenvalue weighted by Gasteiger charge is -2.33. The molecule has 1 aliphatic rings. The molecule has 0 aliphatic carbocycles. The first-order valence-corrected chi connectivity index (χ1v) is 7.38. The third kappa shape index (κ3) is 3.66. The van der Waals surface area contributed by atoms with Gasteiger partial charge in [-0.1, -0.05) is 0 Å². The van der Waals surface area contributed by atoms with Gasteiger partial charge < -0.3 is 15.0 Å². The van der Waals surface area contributed by atoms with E-state index in [0.717, 1.165) is 25.8 Å². The zero-order chi connectivity index (χ0) is 16.1. The van der Waals surface area contributed by atoms with Crippen molar-refractivity contribution in [1.82, 2.24) is 4.90 Å². The van der Waals surface area contributed by atoms with Gasteiger partial charge in [-0.25, -0.2) is 0 Å². The van der Waals surface area contributed by atoms with E-state index in [2.05, 4.69) is 5.32 Å². The normalized spacial score (nSPS) is 17.9. The van der Waals surface area contributed by atoms with Gasteiger partial charge in [-0.05, 0) is 32.3 Å². The third-order valence-corrected chi connectivity index (χ3v) is 3.95. The van der Waals surface area contributed by atoms with Crippen LogP contribution in [0, 0.1) is 10.1 Å². The van der Waals surface area contributed by atoms with Crippen molar-refractivity contribution in [2.75, 3.05) is 25.5 Å². The Bertz CT molecular complexity index is 562. The Kier molecular flexibility index (Phi) is 5.19. The molecule has 22 heavy (non-hydrogen) atoms. The minimum absolute atomic E-state index is 0.000703. The predicted octanol–water partition coefficient (Wildman–Crippen LogP) is 2.42. The number of nitrogens with zero attached hydrogens (tertiary/aromatic N) is 2. The van der Waals surface area contributed by atoms with E-state index in [0.29, 0.717) is 11.4 Å². The van der Waals surface area contributed by atoms with E-state index in [-0.39, 0.29) is 24.2 Å². The molecule has 1 N–H and O–H groups in total. The van der Waals surface area contributed by atoms with Crippen molar-refractivity contribution in [1.29, 1.82) is 0 Å². The highest BCUT2D eigenvalue weighted by molar-refractivity contribution is 5.82. The van der Waals surface area contributed by atoms with Crippen molar-refractivity contribution in [2.24, 2.45) is 0 Å². The Morgan fingerprint density at radius 1 is 1.50 bits per heavy atom. The molecule has 0 saturated carbocycles. The van der Waals surface area contributed by atoms with E-state index in [1.807, 2.05) is 11.8 Å². The number of amides is 1.